The van der Waals surface area contributed by atoms with Crippen LogP contribution in [0.2, 0.25) is 5.02 Å². The molecule has 2 aliphatic rings. The highest BCUT2D eigenvalue weighted by atomic mass is 35.5. The first-order valence-corrected chi connectivity index (χ1v) is 10.7. The second-order valence-electron chi connectivity index (χ2n) is 8.33. The van der Waals surface area contributed by atoms with Crippen LogP contribution in [0, 0.1) is 0 Å². The highest BCUT2D eigenvalue weighted by molar-refractivity contribution is 6.36. The predicted molar refractivity (Wildman–Crippen MR) is 129 cm³/mol. The number of carbonyl (C=O) groups is 1. The number of carbonyl (C=O) groups excluding carboxylic acids is 1. The summed E-state index contributed by atoms with van der Waals surface area (Å²) in [5.41, 5.74) is 8.93. The summed E-state index contributed by atoms with van der Waals surface area (Å²) in [4.78, 5) is 27.6. The van der Waals surface area contributed by atoms with Gasteiger partial charge in [0.15, 0.2) is 0 Å². The average Bonchev–Trinajstić information content (AvgIpc) is 3.46. The van der Waals surface area contributed by atoms with E-state index in [1.807, 2.05) is 24.3 Å². The zero-order chi connectivity index (χ0) is 22.2. The van der Waals surface area contributed by atoms with Crippen molar-refractivity contribution in [3.8, 4) is 11.1 Å². The van der Waals surface area contributed by atoms with E-state index in [4.69, 9.17) is 17.3 Å². The number of rotatable bonds is 3. The number of H-pyrrole nitrogens is 1. The van der Waals surface area contributed by atoms with E-state index < -0.39 is 5.41 Å². The van der Waals surface area contributed by atoms with Gasteiger partial charge in [-0.05, 0) is 42.2 Å². The Labute approximate surface area is 199 Å². The highest BCUT2D eigenvalue weighted by Crippen LogP contribution is 2.61. The third-order valence-corrected chi connectivity index (χ3v) is 6.88. The van der Waals surface area contributed by atoms with Gasteiger partial charge in [-0.25, -0.2) is 5.10 Å². The first-order valence-electron chi connectivity index (χ1n) is 10.3. The number of hydrogen-bond donors (Lipinski definition) is 2. The molecule has 0 unspecified atom stereocenters. The Hall–Kier alpha value is -3.20. The minimum Gasteiger partial charge on any atom is -0.325 e. The van der Waals surface area contributed by atoms with E-state index in [0.717, 1.165) is 35.2 Å². The monoisotopic (exact) mass is 482 g/mol. The minimum atomic E-state index is -0.491. The first kappa shape index (κ1) is 21.6. The molecule has 0 atom stereocenters. The van der Waals surface area contributed by atoms with Gasteiger partial charge >= 0.3 is 0 Å². The number of nitrogens with two attached hydrogens (primary N) is 1. The summed E-state index contributed by atoms with van der Waals surface area (Å²) in [7, 11) is 1.80. The summed E-state index contributed by atoms with van der Waals surface area (Å²) in [5, 5.41) is 12.7. The summed E-state index contributed by atoms with van der Waals surface area (Å²) >= 11 is 6.60. The van der Waals surface area contributed by atoms with E-state index in [9.17, 15) is 9.59 Å². The molecule has 1 saturated carbocycles. The van der Waals surface area contributed by atoms with E-state index in [1.165, 1.54) is 0 Å². The molecule has 8 nitrogen and oxygen atoms in total. The molecule has 2 aromatic heterocycles. The number of anilines is 2. The molecule has 6 rings (SSSR count). The molecule has 0 bridgehead atoms. The fourth-order valence-corrected chi connectivity index (χ4v) is 5.07. The molecular formula is C23H20Cl2N6O2. The molecule has 33 heavy (non-hydrogen) atoms. The first-order chi connectivity index (χ1) is 15.5. The lowest BCUT2D eigenvalue weighted by Gasteiger charge is -2.21. The fourth-order valence-electron chi connectivity index (χ4n) is 4.81. The summed E-state index contributed by atoms with van der Waals surface area (Å²) in [6, 6.07) is 11.2. The Morgan fingerprint density at radius 3 is 2.70 bits per heavy atom. The second kappa shape index (κ2) is 7.41. The fraction of sp³-hybridized carbons (Fsp3) is 0.217. The number of aryl methyl sites for hydroxylation is 1. The molecule has 1 aliphatic carbocycles. The molecule has 2 aromatic carbocycles. The highest BCUT2D eigenvalue weighted by Gasteiger charge is 2.60. The zero-order valence-corrected chi connectivity index (χ0v) is 19.2. The van der Waals surface area contributed by atoms with Crippen LogP contribution in [0.15, 0.2) is 47.4 Å². The van der Waals surface area contributed by atoms with Crippen molar-refractivity contribution in [1.29, 1.82) is 0 Å². The van der Waals surface area contributed by atoms with E-state index in [2.05, 4.69) is 15.3 Å². The minimum absolute atomic E-state index is 0. The molecule has 10 heteroatoms. The Morgan fingerprint density at radius 2 is 1.97 bits per heavy atom. The number of amides is 1. The van der Waals surface area contributed by atoms with Crippen LogP contribution >= 0.6 is 24.0 Å². The number of hydrogen-bond acceptors (Lipinski definition) is 5. The number of para-hydroxylation sites is 1. The van der Waals surface area contributed by atoms with Crippen molar-refractivity contribution in [2.45, 2.75) is 24.8 Å². The van der Waals surface area contributed by atoms with Gasteiger partial charge in [0.25, 0.3) is 5.56 Å². The topological polar surface area (TPSA) is 110 Å². The maximum atomic E-state index is 13.6. The number of aromatic amines is 1. The normalized spacial score (nSPS) is 15.7. The summed E-state index contributed by atoms with van der Waals surface area (Å²) in [6.45, 7) is 0.187. The van der Waals surface area contributed by atoms with Crippen LogP contribution in [0.5, 0.6) is 0 Å². The van der Waals surface area contributed by atoms with Crippen LogP contribution in [0.4, 0.5) is 11.5 Å². The SMILES string of the molecule is Cl.Cn1ncc(-c2ccc3c(=O)[nH]nc(CN)c3c2)c1N1C(=O)C2(CC2)c2cccc(Cl)c21. The molecule has 0 radical (unpaired) electrons. The lowest BCUT2D eigenvalue weighted by atomic mass is 9.98. The lowest BCUT2D eigenvalue weighted by molar-refractivity contribution is -0.119. The molecule has 4 aromatic rings. The van der Waals surface area contributed by atoms with Gasteiger partial charge in [-0.3, -0.25) is 19.2 Å². The number of halogens is 2. The number of nitrogens with zero attached hydrogens (tertiary/aromatic N) is 4. The van der Waals surface area contributed by atoms with Gasteiger partial charge in [0.05, 0.1) is 33.4 Å². The third-order valence-electron chi connectivity index (χ3n) is 6.58. The van der Waals surface area contributed by atoms with Crippen LogP contribution in [0.1, 0.15) is 24.1 Å². The van der Waals surface area contributed by atoms with Crippen LogP contribution in [0.25, 0.3) is 21.9 Å². The molecule has 1 fully saturated rings. The Morgan fingerprint density at radius 1 is 1.18 bits per heavy atom. The molecule has 3 heterocycles. The van der Waals surface area contributed by atoms with Crippen LogP contribution in [-0.2, 0) is 23.8 Å². The largest absolute Gasteiger partial charge is 0.325 e. The lowest BCUT2D eigenvalue weighted by Crippen LogP contribution is -2.29. The molecule has 168 valence electrons. The van der Waals surface area contributed by atoms with Crippen molar-refractivity contribution >= 4 is 52.2 Å². The van der Waals surface area contributed by atoms with Crippen molar-refractivity contribution in [3.63, 3.8) is 0 Å². The van der Waals surface area contributed by atoms with E-state index in [0.29, 0.717) is 27.3 Å². The quantitative estimate of drug-likeness (QED) is 0.463. The van der Waals surface area contributed by atoms with Gasteiger partial charge < -0.3 is 5.73 Å². The van der Waals surface area contributed by atoms with Crippen molar-refractivity contribution < 1.29 is 4.79 Å². The Bertz CT molecular complexity index is 1500. The molecule has 1 aliphatic heterocycles. The number of aromatic nitrogens is 4. The summed E-state index contributed by atoms with van der Waals surface area (Å²) in [5.74, 6) is 0.659. The van der Waals surface area contributed by atoms with Crippen LogP contribution in [0.3, 0.4) is 0 Å². The summed E-state index contributed by atoms with van der Waals surface area (Å²) < 4.78 is 1.69. The van der Waals surface area contributed by atoms with Gasteiger partial charge in [-0.2, -0.15) is 10.2 Å². The Kier molecular flexibility index (Phi) is 4.86. The molecule has 0 saturated heterocycles. The van der Waals surface area contributed by atoms with E-state index in [-0.39, 0.29) is 30.4 Å². The van der Waals surface area contributed by atoms with Crippen molar-refractivity contribution in [1.82, 2.24) is 20.0 Å². The predicted octanol–water partition coefficient (Wildman–Crippen LogP) is 3.57. The van der Waals surface area contributed by atoms with Gasteiger partial charge in [0.1, 0.15) is 5.82 Å². The standard InChI is InChI=1S/C23H19ClN6O2.ClH/c1-29-21(30-19-16(3-2-4-17(19)24)23(7-8-23)22(30)32)15(11-26-29)12-5-6-13-14(9-12)18(10-25)27-28-20(13)31;/h2-6,9,11H,7-8,10,25H2,1H3,(H,28,31);1H. The van der Waals surface area contributed by atoms with Crippen LogP contribution in [-0.4, -0.2) is 25.9 Å². The van der Waals surface area contributed by atoms with Crippen molar-refractivity contribution in [2.24, 2.45) is 12.8 Å². The zero-order valence-electron chi connectivity index (χ0n) is 17.6. The molecule has 1 amide bonds. The summed E-state index contributed by atoms with van der Waals surface area (Å²) in [6.07, 6.45) is 3.35. The number of nitrogens with one attached hydrogen (secondary N) is 1. The Balaban J connectivity index is 0.00000228. The van der Waals surface area contributed by atoms with Gasteiger partial charge in [0, 0.05) is 24.5 Å². The number of benzene rings is 2. The maximum Gasteiger partial charge on any atom is 0.272 e. The third kappa shape index (κ3) is 2.88. The second-order valence-corrected chi connectivity index (χ2v) is 8.74. The van der Waals surface area contributed by atoms with Gasteiger partial charge in [-0.15, -0.1) is 12.4 Å². The maximum absolute atomic E-state index is 13.6. The van der Waals surface area contributed by atoms with Crippen molar-refractivity contribution in [3.05, 3.63) is 69.2 Å². The molecular weight excluding hydrogens is 463 g/mol. The smallest absolute Gasteiger partial charge is 0.272 e. The van der Waals surface area contributed by atoms with Crippen LogP contribution < -0.4 is 16.2 Å². The van der Waals surface area contributed by atoms with Gasteiger partial charge in [0.2, 0.25) is 5.91 Å². The van der Waals surface area contributed by atoms with Gasteiger partial charge in [-0.1, -0.05) is 29.8 Å². The number of fused-ring (bicyclic) bond motifs is 3. The van der Waals surface area contributed by atoms with E-state index >= 15 is 0 Å². The van der Waals surface area contributed by atoms with Crippen molar-refractivity contribution in [2.75, 3.05) is 4.90 Å². The molecule has 3 N–H and O–H groups in total. The molecule has 1 spiro atoms. The van der Waals surface area contributed by atoms with E-state index in [1.54, 1.807) is 35.0 Å². The average molecular weight is 483 g/mol.